The van der Waals surface area contributed by atoms with Crippen molar-refractivity contribution in [3.8, 4) is 5.75 Å². The van der Waals surface area contributed by atoms with Crippen LogP contribution < -0.4 is 10.1 Å². The molecule has 1 heterocycles. The molecule has 0 spiro atoms. The number of methoxy groups -OCH3 is 1. The van der Waals surface area contributed by atoms with Crippen molar-refractivity contribution in [1.29, 1.82) is 0 Å². The first-order valence-electron chi connectivity index (χ1n) is 10.4. The molecule has 0 fully saturated rings. The van der Waals surface area contributed by atoms with Crippen LogP contribution in [0.1, 0.15) is 29.0 Å². The number of carbonyl (C=O) groups is 2. The average molecular weight is 439 g/mol. The molecule has 3 aromatic rings. The van der Waals surface area contributed by atoms with Crippen molar-refractivity contribution < 1.29 is 19.4 Å². The third-order valence-electron chi connectivity index (χ3n) is 6.23. The van der Waals surface area contributed by atoms with Gasteiger partial charge in [-0.3, -0.25) is 4.79 Å². The van der Waals surface area contributed by atoms with E-state index < -0.39 is 17.9 Å². The van der Waals surface area contributed by atoms with Crippen LogP contribution in [0.3, 0.4) is 0 Å². The predicted molar refractivity (Wildman–Crippen MR) is 123 cm³/mol. The van der Waals surface area contributed by atoms with Gasteiger partial charge < -0.3 is 20.1 Å². The van der Waals surface area contributed by atoms with Gasteiger partial charge in [0.25, 0.3) is 0 Å². The number of carboxylic acids is 1. The van der Waals surface area contributed by atoms with Gasteiger partial charge in [-0.1, -0.05) is 30.3 Å². The Morgan fingerprint density at radius 3 is 2.81 bits per heavy atom. The minimum absolute atomic E-state index is 0.00914. The number of nitrogens with one attached hydrogen (secondary N) is 2. The molecule has 7 heteroatoms. The number of rotatable bonds is 8. The van der Waals surface area contributed by atoms with Gasteiger partial charge in [-0.25, -0.2) is 4.79 Å². The summed E-state index contributed by atoms with van der Waals surface area (Å²) in [4.78, 5) is 28.3. The summed E-state index contributed by atoms with van der Waals surface area (Å²) in [7, 11) is 1.65. The Morgan fingerprint density at radius 1 is 1.26 bits per heavy atom. The van der Waals surface area contributed by atoms with Crippen LogP contribution in [0.25, 0.3) is 10.9 Å². The maximum Gasteiger partial charge on any atom is 0.326 e. The van der Waals surface area contributed by atoms with Gasteiger partial charge in [-0.05, 0) is 47.6 Å². The fraction of sp³-hybridized carbons (Fsp3) is 0.333. The van der Waals surface area contributed by atoms with E-state index in [1.54, 1.807) is 7.11 Å². The number of aliphatic carboxylic acids is 1. The van der Waals surface area contributed by atoms with E-state index in [2.05, 4.69) is 22.9 Å². The second-order valence-electron chi connectivity index (χ2n) is 7.93. The van der Waals surface area contributed by atoms with Crippen LogP contribution in [-0.2, 0) is 22.4 Å². The molecule has 2 unspecified atom stereocenters. The molecule has 0 saturated carbocycles. The number of para-hydroxylation sites is 1. The lowest BCUT2D eigenvalue weighted by Gasteiger charge is -2.24. The number of amides is 1. The van der Waals surface area contributed by atoms with Crippen LogP contribution in [0.5, 0.6) is 5.75 Å². The lowest BCUT2D eigenvalue weighted by atomic mass is 9.87. The molecular weight excluding hydrogens is 412 g/mol. The number of thiol groups is 1. The van der Waals surface area contributed by atoms with Crippen molar-refractivity contribution in [2.75, 3.05) is 12.9 Å². The van der Waals surface area contributed by atoms with Crippen LogP contribution >= 0.6 is 12.6 Å². The Bertz CT molecular complexity index is 1110. The van der Waals surface area contributed by atoms with Crippen LogP contribution in [0.2, 0.25) is 0 Å². The highest BCUT2D eigenvalue weighted by Crippen LogP contribution is 2.42. The summed E-state index contributed by atoms with van der Waals surface area (Å²) in [5.41, 5.74) is 4.03. The number of fused-ring (bicyclic) bond motifs is 2. The lowest BCUT2D eigenvalue weighted by molar-refractivity contribution is -0.142. The second kappa shape index (κ2) is 9.06. The highest BCUT2D eigenvalue weighted by atomic mass is 32.1. The first-order chi connectivity index (χ1) is 15.0. The van der Waals surface area contributed by atoms with Crippen LogP contribution in [-0.4, -0.2) is 40.9 Å². The number of ether oxygens (including phenoxy) is 1. The molecule has 1 aromatic heterocycles. The van der Waals surface area contributed by atoms with Crippen molar-refractivity contribution in [2.24, 2.45) is 5.92 Å². The lowest BCUT2D eigenvalue weighted by Crippen LogP contribution is -2.46. The summed E-state index contributed by atoms with van der Waals surface area (Å²) in [5, 5.41) is 13.5. The predicted octanol–water partition coefficient (Wildman–Crippen LogP) is 3.56. The first-order valence-corrected chi connectivity index (χ1v) is 11.0. The van der Waals surface area contributed by atoms with E-state index in [1.807, 2.05) is 48.7 Å². The van der Waals surface area contributed by atoms with E-state index in [1.165, 1.54) is 0 Å². The first kappa shape index (κ1) is 21.3. The van der Waals surface area contributed by atoms with Crippen molar-refractivity contribution in [3.05, 3.63) is 65.4 Å². The third kappa shape index (κ3) is 4.14. The second-order valence-corrected chi connectivity index (χ2v) is 8.29. The zero-order valence-electron chi connectivity index (χ0n) is 17.3. The van der Waals surface area contributed by atoms with Crippen molar-refractivity contribution in [3.63, 3.8) is 0 Å². The zero-order valence-corrected chi connectivity index (χ0v) is 18.2. The SMILES string of the molecule is COc1cccc2c1CCC2C(CS)C(=O)N[C@@H](Cc1c[nH]c2ccccc12)C(=O)O. The maximum absolute atomic E-state index is 13.2. The van der Waals surface area contributed by atoms with Gasteiger partial charge in [0.05, 0.1) is 13.0 Å². The number of H-pyrrole nitrogens is 1. The number of aromatic nitrogens is 1. The Kier molecular flexibility index (Phi) is 6.23. The maximum atomic E-state index is 13.2. The Labute approximate surface area is 186 Å². The van der Waals surface area contributed by atoms with Crippen LogP contribution in [0, 0.1) is 5.92 Å². The third-order valence-corrected chi connectivity index (χ3v) is 6.62. The fourth-order valence-corrected chi connectivity index (χ4v) is 5.07. The average Bonchev–Trinajstić information content (AvgIpc) is 3.38. The molecule has 1 amide bonds. The molecule has 0 saturated heterocycles. The Morgan fingerprint density at radius 2 is 2.06 bits per heavy atom. The Balaban J connectivity index is 1.53. The molecule has 4 rings (SSSR count). The number of carbonyl (C=O) groups excluding carboxylic acids is 1. The van der Waals surface area contributed by atoms with Gasteiger partial charge in [-0.2, -0.15) is 12.6 Å². The summed E-state index contributed by atoms with van der Waals surface area (Å²) < 4.78 is 5.47. The number of hydrogen-bond acceptors (Lipinski definition) is 4. The number of hydrogen-bond donors (Lipinski definition) is 4. The molecular formula is C24H26N2O4S. The molecule has 1 aliphatic rings. The van der Waals surface area contributed by atoms with Gasteiger partial charge in [0.15, 0.2) is 0 Å². The van der Waals surface area contributed by atoms with E-state index >= 15 is 0 Å². The molecule has 2 aromatic carbocycles. The van der Waals surface area contributed by atoms with E-state index in [0.717, 1.165) is 46.2 Å². The zero-order chi connectivity index (χ0) is 22.0. The van der Waals surface area contributed by atoms with Gasteiger partial charge in [0.1, 0.15) is 11.8 Å². The summed E-state index contributed by atoms with van der Waals surface area (Å²) in [6, 6.07) is 12.6. The normalized spacial score (nSPS) is 17.2. The molecule has 3 atom stereocenters. The van der Waals surface area contributed by atoms with E-state index in [4.69, 9.17) is 4.74 Å². The molecule has 1 aliphatic carbocycles. The standard InChI is InChI=1S/C24H26N2O4S/c1-30-22-8-4-6-16-17(9-10-18(16)22)19(13-31)23(27)26-21(24(28)29)11-14-12-25-20-7-3-2-5-15(14)20/h2-8,12,17,19,21,25,31H,9-11,13H2,1H3,(H,26,27)(H,28,29)/t17?,19?,21-/m0/s1. The van der Waals surface area contributed by atoms with Crippen molar-refractivity contribution >= 4 is 35.4 Å². The fourth-order valence-electron chi connectivity index (χ4n) is 4.65. The molecule has 0 bridgehead atoms. The molecule has 0 radical (unpaired) electrons. The van der Waals surface area contributed by atoms with Crippen molar-refractivity contribution in [2.45, 2.75) is 31.2 Å². The van der Waals surface area contributed by atoms with E-state index in [-0.39, 0.29) is 18.2 Å². The number of aromatic amines is 1. The topological polar surface area (TPSA) is 91.4 Å². The largest absolute Gasteiger partial charge is 0.496 e. The minimum Gasteiger partial charge on any atom is -0.496 e. The minimum atomic E-state index is -1.05. The monoisotopic (exact) mass is 438 g/mol. The highest BCUT2D eigenvalue weighted by molar-refractivity contribution is 7.80. The smallest absolute Gasteiger partial charge is 0.326 e. The van der Waals surface area contributed by atoms with Crippen LogP contribution in [0.15, 0.2) is 48.7 Å². The summed E-state index contributed by atoms with van der Waals surface area (Å²) in [6.07, 6.45) is 3.66. The van der Waals surface area contributed by atoms with E-state index in [0.29, 0.717) is 5.75 Å². The molecule has 6 nitrogen and oxygen atoms in total. The molecule has 31 heavy (non-hydrogen) atoms. The molecule has 0 aliphatic heterocycles. The Hall–Kier alpha value is -2.93. The number of benzene rings is 2. The van der Waals surface area contributed by atoms with Crippen molar-refractivity contribution in [1.82, 2.24) is 10.3 Å². The highest BCUT2D eigenvalue weighted by Gasteiger charge is 2.36. The van der Waals surface area contributed by atoms with Gasteiger partial charge >= 0.3 is 5.97 Å². The molecule has 162 valence electrons. The summed E-state index contributed by atoms with van der Waals surface area (Å²) >= 11 is 4.44. The van der Waals surface area contributed by atoms with E-state index in [9.17, 15) is 14.7 Å². The summed E-state index contributed by atoms with van der Waals surface area (Å²) in [6.45, 7) is 0. The number of carboxylic acid groups (broad SMARTS) is 1. The molecule has 3 N–H and O–H groups in total. The van der Waals surface area contributed by atoms with Gasteiger partial charge in [0, 0.05) is 29.3 Å². The van der Waals surface area contributed by atoms with Gasteiger partial charge in [0.2, 0.25) is 5.91 Å². The quantitative estimate of drug-likeness (QED) is 0.405. The van der Waals surface area contributed by atoms with Gasteiger partial charge in [-0.15, -0.1) is 0 Å². The van der Waals surface area contributed by atoms with Crippen LogP contribution in [0.4, 0.5) is 0 Å². The summed E-state index contributed by atoms with van der Waals surface area (Å²) in [5.74, 6) is -0.576.